The first-order chi connectivity index (χ1) is 16.3. The molecule has 0 aliphatic heterocycles. The van der Waals surface area contributed by atoms with Crippen molar-refractivity contribution >= 4 is 41.4 Å². The van der Waals surface area contributed by atoms with E-state index in [-0.39, 0.29) is 16.7 Å². The molecule has 18 nitrogen and oxygen atoms in total. The van der Waals surface area contributed by atoms with Crippen molar-refractivity contribution in [2.45, 2.75) is 0 Å². The molecular weight excluding hydrogens is 561 g/mol. The molecule has 0 aliphatic rings. The Balaban J connectivity index is -0.000000441. The van der Waals surface area contributed by atoms with Gasteiger partial charge in [-0.3, -0.25) is 27.1 Å². The monoisotopic (exact) mass is 588 g/mol. The van der Waals surface area contributed by atoms with E-state index >= 15 is 0 Å². The maximum absolute atomic E-state index is 10.6. The standard InChI is InChI=1S/C9H6O6.3C2H7O4P/c10-7(11)4-1-5(8(12)13)3-6(2-4)9(14)15;3*1-5-7(3,4)6-2/h1-3H,(H,10,11)(H,12,13)(H,14,15);3*1-2H3,(H,3,4). The van der Waals surface area contributed by atoms with Gasteiger partial charge in [0.25, 0.3) is 0 Å². The first kappa shape index (κ1) is 38.5. The van der Waals surface area contributed by atoms with Gasteiger partial charge in [-0.1, -0.05) is 0 Å². The van der Waals surface area contributed by atoms with Crippen LogP contribution in [0.4, 0.5) is 0 Å². The van der Waals surface area contributed by atoms with Crippen LogP contribution in [0.3, 0.4) is 0 Å². The number of aromatic carboxylic acids is 3. The van der Waals surface area contributed by atoms with E-state index < -0.39 is 41.4 Å². The van der Waals surface area contributed by atoms with E-state index in [1.807, 2.05) is 0 Å². The SMILES string of the molecule is COP(=O)(O)OC.COP(=O)(O)OC.COP(=O)(O)OC.O=C(O)c1cc(C(=O)O)cc(C(=O)O)c1. The molecule has 0 saturated carbocycles. The van der Waals surface area contributed by atoms with E-state index in [1.54, 1.807) is 0 Å². The molecule has 0 radical (unpaired) electrons. The fourth-order valence-electron chi connectivity index (χ4n) is 1.22. The number of carbonyl (C=O) groups is 3. The van der Waals surface area contributed by atoms with Crippen LogP contribution in [0.2, 0.25) is 0 Å². The van der Waals surface area contributed by atoms with Crippen LogP contribution in [0.25, 0.3) is 0 Å². The second-order valence-corrected chi connectivity index (χ2v) is 10.2. The molecule has 0 aromatic heterocycles. The predicted molar refractivity (Wildman–Crippen MR) is 119 cm³/mol. The largest absolute Gasteiger partial charge is 0.478 e. The summed E-state index contributed by atoms with van der Waals surface area (Å²) in [4.78, 5) is 56.4. The first-order valence-electron chi connectivity index (χ1n) is 8.46. The molecule has 210 valence electrons. The van der Waals surface area contributed by atoms with Crippen LogP contribution < -0.4 is 0 Å². The number of carboxylic acid groups (broad SMARTS) is 3. The van der Waals surface area contributed by atoms with Gasteiger partial charge in [0, 0.05) is 42.7 Å². The summed E-state index contributed by atoms with van der Waals surface area (Å²) in [6.07, 6.45) is 0. The highest BCUT2D eigenvalue weighted by atomic mass is 31.2. The van der Waals surface area contributed by atoms with E-state index in [1.165, 1.54) is 0 Å². The maximum atomic E-state index is 10.6. The molecule has 6 N–H and O–H groups in total. The second kappa shape index (κ2) is 18.2. The molecule has 0 amide bonds. The van der Waals surface area contributed by atoms with Crippen molar-refractivity contribution in [2.75, 3.05) is 42.7 Å². The quantitative estimate of drug-likeness (QED) is 0.225. The van der Waals surface area contributed by atoms with Gasteiger partial charge in [0.1, 0.15) is 0 Å². The predicted octanol–water partition coefficient (Wildman–Crippen LogP) is 1.92. The number of hydrogen-bond donors (Lipinski definition) is 6. The zero-order valence-electron chi connectivity index (χ0n) is 19.7. The summed E-state index contributed by atoms with van der Waals surface area (Å²) in [7, 11) is -4.35. The molecule has 21 heteroatoms. The van der Waals surface area contributed by atoms with Crippen molar-refractivity contribution in [3.8, 4) is 0 Å². The van der Waals surface area contributed by atoms with Gasteiger partial charge < -0.3 is 30.0 Å². The lowest BCUT2D eigenvalue weighted by Crippen LogP contribution is -2.07. The van der Waals surface area contributed by atoms with Gasteiger partial charge in [0.05, 0.1) is 16.7 Å². The third-order valence-electron chi connectivity index (χ3n) is 3.06. The highest BCUT2D eigenvalue weighted by Crippen LogP contribution is 2.41. The van der Waals surface area contributed by atoms with Crippen LogP contribution in [0.1, 0.15) is 31.1 Å². The van der Waals surface area contributed by atoms with Gasteiger partial charge in [0.2, 0.25) is 0 Å². The molecule has 0 saturated heterocycles. The van der Waals surface area contributed by atoms with Gasteiger partial charge in [-0.2, -0.15) is 0 Å². The van der Waals surface area contributed by atoms with Crippen LogP contribution in [0.15, 0.2) is 18.2 Å². The minimum absolute atomic E-state index is 0.368. The maximum Gasteiger partial charge on any atom is 0.471 e. The molecule has 0 atom stereocenters. The fraction of sp³-hybridized carbons (Fsp3) is 0.400. The van der Waals surface area contributed by atoms with Gasteiger partial charge in [-0.05, 0) is 18.2 Å². The normalized spacial score (nSPS) is 10.9. The summed E-state index contributed by atoms with van der Waals surface area (Å²) in [5.41, 5.74) is -1.10. The Morgan fingerprint density at radius 2 is 0.639 bits per heavy atom. The number of phosphoric ester groups is 3. The average molecular weight is 588 g/mol. The molecular formula is C15H27O18P3. The van der Waals surface area contributed by atoms with Crippen LogP contribution >= 0.6 is 23.5 Å². The van der Waals surface area contributed by atoms with Gasteiger partial charge >= 0.3 is 41.4 Å². The Morgan fingerprint density at radius 3 is 0.694 bits per heavy atom. The zero-order chi connectivity index (χ0) is 29.3. The van der Waals surface area contributed by atoms with Crippen LogP contribution in [0.5, 0.6) is 0 Å². The van der Waals surface area contributed by atoms with Crippen molar-refractivity contribution in [1.29, 1.82) is 0 Å². The van der Waals surface area contributed by atoms with E-state index in [4.69, 9.17) is 30.0 Å². The van der Waals surface area contributed by atoms with Crippen LogP contribution in [-0.4, -0.2) is 90.6 Å². The lowest BCUT2D eigenvalue weighted by Gasteiger charge is -2.01. The molecule has 0 unspecified atom stereocenters. The minimum Gasteiger partial charge on any atom is -0.478 e. The Hall–Kier alpha value is -2.04. The smallest absolute Gasteiger partial charge is 0.471 e. The summed E-state index contributed by atoms with van der Waals surface area (Å²) in [5, 5.41) is 25.8. The van der Waals surface area contributed by atoms with Gasteiger partial charge in [-0.25, -0.2) is 28.1 Å². The highest BCUT2D eigenvalue weighted by molar-refractivity contribution is 7.47. The summed E-state index contributed by atoms with van der Waals surface area (Å²) >= 11 is 0. The van der Waals surface area contributed by atoms with Gasteiger partial charge in [0.15, 0.2) is 0 Å². The van der Waals surface area contributed by atoms with Crippen molar-refractivity contribution in [3.63, 3.8) is 0 Å². The summed E-state index contributed by atoms with van der Waals surface area (Å²) in [6.45, 7) is 0. The number of benzene rings is 1. The average Bonchev–Trinajstić information content (AvgIpc) is 2.84. The molecule has 0 aliphatic carbocycles. The molecule has 1 aromatic carbocycles. The molecule has 36 heavy (non-hydrogen) atoms. The van der Waals surface area contributed by atoms with Crippen molar-refractivity contribution < 1.29 is 85.2 Å². The Labute approximate surface area is 204 Å². The molecule has 0 spiro atoms. The molecule has 1 rings (SSSR count). The number of hydrogen-bond acceptors (Lipinski definition) is 12. The molecule has 0 heterocycles. The van der Waals surface area contributed by atoms with Crippen LogP contribution in [-0.2, 0) is 40.8 Å². The van der Waals surface area contributed by atoms with Crippen molar-refractivity contribution in [2.24, 2.45) is 0 Å². The number of rotatable bonds is 9. The van der Waals surface area contributed by atoms with E-state index in [0.717, 1.165) is 60.9 Å². The summed E-state index contributed by atoms with van der Waals surface area (Å²) in [6, 6.07) is 2.70. The number of carboxylic acids is 3. The summed E-state index contributed by atoms with van der Waals surface area (Å²) in [5.74, 6) is -4.12. The van der Waals surface area contributed by atoms with E-state index in [0.29, 0.717) is 0 Å². The second-order valence-electron chi connectivity index (χ2n) is 5.22. The third kappa shape index (κ3) is 19.2. The highest BCUT2D eigenvalue weighted by Gasteiger charge is 2.15. The first-order valence-corrected chi connectivity index (χ1v) is 12.9. The summed E-state index contributed by atoms with van der Waals surface area (Å²) < 4.78 is 54.0. The lowest BCUT2D eigenvalue weighted by atomic mass is 10.1. The topological polar surface area (TPSA) is 279 Å². The molecule has 1 aromatic rings. The zero-order valence-corrected chi connectivity index (χ0v) is 22.3. The Bertz CT molecular complexity index is 832. The van der Waals surface area contributed by atoms with Crippen LogP contribution in [0, 0.1) is 0 Å². The number of phosphoric acid groups is 3. The van der Waals surface area contributed by atoms with Crippen molar-refractivity contribution in [1.82, 2.24) is 0 Å². The molecule has 0 bridgehead atoms. The Kier molecular flexibility index (Phi) is 19.5. The van der Waals surface area contributed by atoms with E-state index in [9.17, 15) is 28.1 Å². The molecule has 0 fully saturated rings. The third-order valence-corrected chi connectivity index (χ3v) is 5.83. The van der Waals surface area contributed by atoms with E-state index in [2.05, 4.69) is 27.1 Å². The van der Waals surface area contributed by atoms with Crippen molar-refractivity contribution in [3.05, 3.63) is 34.9 Å². The fourth-order valence-corrected chi connectivity index (χ4v) is 1.67. The lowest BCUT2D eigenvalue weighted by molar-refractivity contribution is 0.0696. The Morgan fingerprint density at radius 1 is 0.500 bits per heavy atom. The van der Waals surface area contributed by atoms with Gasteiger partial charge in [-0.15, -0.1) is 0 Å². The minimum atomic E-state index is -3.65.